The van der Waals surface area contributed by atoms with Gasteiger partial charge in [-0.25, -0.2) is 0 Å². The highest BCUT2D eigenvalue weighted by atomic mass is 79.9. The molecule has 0 aliphatic carbocycles. The number of hydrogen-bond donors (Lipinski definition) is 1. The van der Waals surface area contributed by atoms with Crippen molar-refractivity contribution in [2.75, 3.05) is 13.2 Å². The summed E-state index contributed by atoms with van der Waals surface area (Å²) in [4.78, 5) is 0. The lowest BCUT2D eigenvalue weighted by atomic mass is 10.1. The van der Waals surface area contributed by atoms with Crippen molar-refractivity contribution in [2.24, 2.45) is 0 Å². The van der Waals surface area contributed by atoms with E-state index in [4.69, 9.17) is 4.74 Å². The summed E-state index contributed by atoms with van der Waals surface area (Å²) in [6, 6.07) is 6.43. The van der Waals surface area contributed by atoms with Gasteiger partial charge in [0.15, 0.2) is 0 Å². The molecule has 1 N–H and O–H groups in total. The molecule has 0 amide bonds. The van der Waals surface area contributed by atoms with Gasteiger partial charge in [-0.2, -0.15) is 0 Å². The van der Waals surface area contributed by atoms with E-state index in [0.29, 0.717) is 0 Å². The molecule has 0 aromatic heterocycles. The molecular weight excluding hydrogens is 314 g/mol. The highest BCUT2D eigenvalue weighted by Crippen LogP contribution is 2.26. The summed E-state index contributed by atoms with van der Waals surface area (Å²) in [5.41, 5.74) is 1.60. The Morgan fingerprint density at radius 1 is 1.20 bits per heavy atom. The zero-order valence-electron chi connectivity index (χ0n) is 13.3. The zero-order chi connectivity index (χ0) is 15.0. The molecule has 1 rings (SSSR count). The largest absolute Gasteiger partial charge is 0.492 e. The quantitative estimate of drug-likeness (QED) is 0.675. The van der Waals surface area contributed by atoms with Crippen LogP contribution in [0.4, 0.5) is 0 Å². The second kappa shape index (κ2) is 8.68. The highest BCUT2D eigenvalue weighted by Gasteiger charge is 2.07. The van der Waals surface area contributed by atoms with Crippen LogP contribution < -0.4 is 10.1 Å². The first-order valence-electron chi connectivity index (χ1n) is 7.58. The molecule has 0 fully saturated rings. The predicted octanol–water partition coefficient (Wildman–Crippen LogP) is 4.95. The lowest BCUT2D eigenvalue weighted by Crippen LogP contribution is -2.36. The van der Waals surface area contributed by atoms with Gasteiger partial charge in [-0.05, 0) is 86.6 Å². The summed E-state index contributed by atoms with van der Waals surface area (Å²) in [5, 5.41) is 3.52. The summed E-state index contributed by atoms with van der Waals surface area (Å²) in [5.74, 6) is 0.949. The van der Waals surface area contributed by atoms with Gasteiger partial charge in [0.25, 0.3) is 0 Å². The zero-order valence-corrected chi connectivity index (χ0v) is 14.8. The number of halogens is 1. The van der Waals surface area contributed by atoms with Crippen LogP contribution in [0.1, 0.15) is 52.5 Å². The molecule has 0 atom stereocenters. The maximum absolute atomic E-state index is 5.66. The number of ether oxygens (including phenoxy) is 1. The second-order valence-electron chi connectivity index (χ2n) is 6.25. The Kier molecular flexibility index (Phi) is 7.60. The van der Waals surface area contributed by atoms with Crippen LogP contribution in [-0.4, -0.2) is 18.7 Å². The van der Waals surface area contributed by atoms with Crippen LogP contribution in [0.2, 0.25) is 0 Å². The molecule has 0 unspecified atom stereocenters. The van der Waals surface area contributed by atoms with Crippen molar-refractivity contribution < 1.29 is 4.74 Å². The average Bonchev–Trinajstić information content (AvgIpc) is 2.36. The first kappa shape index (κ1) is 17.5. The van der Waals surface area contributed by atoms with E-state index in [1.54, 1.807) is 0 Å². The van der Waals surface area contributed by atoms with Crippen molar-refractivity contribution in [3.63, 3.8) is 0 Å². The molecular formula is C17H28BrNO. The van der Waals surface area contributed by atoms with Crippen LogP contribution in [-0.2, 0) is 6.42 Å². The summed E-state index contributed by atoms with van der Waals surface area (Å²) < 4.78 is 6.73. The molecule has 0 heterocycles. The number of rotatable bonds is 8. The summed E-state index contributed by atoms with van der Waals surface area (Å²) in [6.07, 6.45) is 4.58. The third-order valence-corrected chi connectivity index (χ3v) is 3.63. The van der Waals surface area contributed by atoms with Gasteiger partial charge in [0.1, 0.15) is 5.75 Å². The lowest BCUT2D eigenvalue weighted by molar-refractivity contribution is 0.315. The van der Waals surface area contributed by atoms with E-state index in [0.717, 1.165) is 36.2 Å². The third-order valence-electron chi connectivity index (χ3n) is 3.01. The summed E-state index contributed by atoms with van der Waals surface area (Å²) >= 11 is 3.59. The van der Waals surface area contributed by atoms with Crippen molar-refractivity contribution in [2.45, 2.75) is 58.9 Å². The van der Waals surface area contributed by atoms with Crippen LogP contribution in [0.25, 0.3) is 0 Å². The molecule has 1 aromatic carbocycles. The van der Waals surface area contributed by atoms with E-state index in [9.17, 15) is 0 Å². The summed E-state index contributed by atoms with van der Waals surface area (Å²) in [6.45, 7) is 10.6. The molecule has 0 spiro atoms. The fourth-order valence-electron chi connectivity index (χ4n) is 1.95. The Morgan fingerprint density at radius 3 is 2.55 bits per heavy atom. The maximum Gasteiger partial charge on any atom is 0.133 e. The van der Waals surface area contributed by atoms with E-state index < -0.39 is 0 Å². The Balaban J connectivity index is 2.32. The average molecular weight is 342 g/mol. The van der Waals surface area contributed by atoms with E-state index in [2.05, 4.69) is 67.1 Å². The molecule has 0 radical (unpaired) electrons. The normalized spacial score (nSPS) is 11.7. The maximum atomic E-state index is 5.66. The first-order chi connectivity index (χ1) is 9.42. The smallest absolute Gasteiger partial charge is 0.133 e. The van der Waals surface area contributed by atoms with Gasteiger partial charge >= 0.3 is 0 Å². The third kappa shape index (κ3) is 7.30. The number of unbranched alkanes of at least 4 members (excludes halogenated alkanes) is 1. The molecule has 0 bridgehead atoms. The van der Waals surface area contributed by atoms with E-state index in [1.165, 1.54) is 18.4 Å². The Bertz CT molecular complexity index is 398. The van der Waals surface area contributed by atoms with Crippen LogP contribution >= 0.6 is 15.9 Å². The van der Waals surface area contributed by atoms with Gasteiger partial charge in [-0.15, -0.1) is 0 Å². The first-order valence-corrected chi connectivity index (χ1v) is 8.38. The van der Waals surface area contributed by atoms with E-state index in [-0.39, 0.29) is 5.54 Å². The molecule has 0 saturated carbocycles. The molecule has 20 heavy (non-hydrogen) atoms. The molecule has 1 aromatic rings. The Morgan fingerprint density at radius 2 is 1.95 bits per heavy atom. The minimum atomic E-state index is 0.224. The minimum Gasteiger partial charge on any atom is -0.492 e. The number of benzene rings is 1. The van der Waals surface area contributed by atoms with Gasteiger partial charge in [0.2, 0.25) is 0 Å². The summed E-state index contributed by atoms with van der Waals surface area (Å²) in [7, 11) is 0. The van der Waals surface area contributed by atoms with Crippen molar-refractivity contribution in [1.82, 2.24) is 5.32 Å². The monoisotopic (exact) mass is 341 g/mol. The van der Waals surface area contributed by atoms with Gasteiger partial charge < -0.3 is 10.1 Å². The van der Waals surface area contributed by atoms with Crippen molar-refractivity contribution in [3.05, 3.63) is 28.2 Å². The van der Waals surface area contributed by atoms with Crippen molar-refractivity contribution in [1.29, 1.82) is 0 Å². The minimum absolute atomic E-state index is 0.224. The standard InChI is InChI=1S/C17H28BrNO/c1-5-12-20-16-10-9-14(13-15(16)18)8-6-7-11-19-17(2,3)4/h9-10,13,19H,5-8,11-12H2,1-4H3. The fourth-order valence-corrected chi connectivity index (χ4v) is 2.49. The highest BCUT2D eigenvalue weighted by molar-refractivity contribution is 9.10. The van der Waals surface area contributed by atoms with Crippen LogP contribution in [0, 0.1) is 0 Å². The van der Waals surface area contributed by atoms with Gasteiger partial charge in [0.05, 0.1) is 11.1 Å². The topological polar surface area (TPSA) is 21.3 Å². The molecule has 114 valence electrons. The van der Waals surface area contributed by atoms with E-state index in [1.807, 2.05) is 0 Å². The number of nitrogens with one attached hydrogen (secondary N) is 1. The van der Waals surface area contributed by atoms with E-state index >= 15 is 0 Å². The predicted molar refractivity (Wildman–Crippen MR) is 90.6 cm³/mol. The van der Waals surface area contributed by atoms with Gasteiger partial charge in [0, 0.05) is 5.54 Å². The Labute approximate surface area is 132 Å². The molecule has 2 nitrogen and oxygen atoms in total. The molecule has 0 aliphatic heterocycles. The Hall–Kier alpha value is -0.540. The molecule has 0 aliphatic rings. The number of hydrogen-bond acceptors (Lipinski definition) is 2. The van der Waals surface area contributed by atoms with Crippen molar-refractivity contribution in [3.8, 4) is 5.75 Å². The van der Waals surface area contributed by atoms with Gasteiger partial charge in [-0.1, -0.05) is 13.0 Å². The molecule has 3 heteroatoms. The second-order valence-corrected chi connectivity index (χ2v) is 7.10. The van der Waals surface area contributed by atoms with Gasteiger partial charge in [-0.3, -0.25) is 0 Å². The SMILES string of the molecule is CCCOc1ccc(CCCCNC(C)(C)C)cc1Br. The number of aryl methyl sites for hydroxylation is 1. The van der Waals surface area contributed by atoms with Crippen LogP contribution in [0.5, 0.6) is 5.75 Å². The lowest BCUT2D eigenvalue weighted by Gasteiger charge is -2.20. The fraction of sp³-hybridized carbons (Fsp3) is 0.647. The van der Waals surface area contributed by atoms with Crippen molar-refractivity contribution >= 4 is 15.9 Å². The van der Waals surface area contributed by atoms with Crippen LogP contribution in [0.15, 0.2) is 22.7 Å². The van der Waals surface area contributed by atoms with Crippen LogP contribution in [0.3, 0.4) is 0 Å². The molecule has 0 saturated heterocycles.